The molecule has 0 aliphatic carbocycles. The number of piperidine rings is 2. The third-order valence-electron chi connectivity index (χ3n) is 6.46. The van der Waals surface area contributed by atoms with Crippen LogP contribution in [-0.2, 0) is 10.0 Å². The van der Waals surface area contributed by atoms with Gasteiger partial charge in [-0.2, -0.15) is 4.31 Å². The minimum atomic E-state index is -3.47. The van der Waals surface area contributed by atoms with E-state index in [0.29, 0.717) is 24.7 Å². The van der Waals surface area contributed by atoms with Crippen LogP contribution >= 0.6 is 11.3 Å². The second kappa shape index (κ2) is 11.0. The molecule has 2 aliphatic heterocycles. The van der Waals surface area contributed by atoms with Crippen molar-refractivity contribution in [3.63, 3.8) is 0 Å². The van der Waals surface area contributed by atoms with E-state index in [0.717, 1.165) is 38.9 Å². The quantitative estimate of drug-likeness (QED) is 0.557. The monoisotopic (exact) mass is 475 g/mol. The molecule has 0 bridgehead atoms. The van der Waals surface area contributed by atoms with E-state index in [1.165, 1.54) is 24.1 Å². The Labute approximate surface area is 195 Å². The first kappa shape index (κ1) is 23.6. The number of nitrogens with one attached hydrogen (secondary N) is 1. The maximum absolute atomic E-state index is 12.8. The third-order valence-corrected chi connectivity index (χ3v) is 9.34. The van der Waals surface area contributed by atoms with Crippen LogP contribution in [0.2, 0.25) is 0 Å². The largest absolute Gasteiger partial charge is 0.308 e. The third kappa shape index (κ3) is 5.66. The number of hydrogen-bond acceptors (Lipinski definition) is 6. The minimum absolute atomic E-state index is 0.0181. The number of carbonyl (C=O) groups is 1. The Balaban J connectivity index is 1.34. The van der Waals surface area contributed by atoms with Crippen molar-refractivity contribution in [2.24, 2.45) is 0 Å². The summed E-state index contributed by atoms with van der Waals surface area (Å²) in [5.74, 6) is -0.0181. The maximum atomic E-state index is 12.8. The van der Waals surface area contributed by atoms with E-state index >= 15 is 0 Å². The summed E-state index contributed by atoms with van der Waals surface area (Å²) in [6.45, 7) is 4.34. The van der Waals surface area contributed by atoms with Gasteiger partial charge >= 0.3 is 0 Å². The molecule has 6 nitrogen and oxygen atoms in total. The van der Waals surface area contributed by atoms with Crippen molar-refractivity contribution in [1.82, 2.24) is 14.5 Å². The number of Topliss-reactive ketones (excluding diaryl/α,β-unsaturated/α-hetero) is 1. The molecule has 1 N–H and O–H groups in total. The molecule has 4 rings (SSSR count). The van der Waals surface area contributed by atoms with E-state index in [-0.39, 0.29) is 17.2 Å². The van der Waals surface area contributed by atoms with E-state index in [9.17, 15) is 13.2 Å². The summed E-state index contributed by atoms with van der Waals surface area (Å²) in [6.07, 6.45) is 6.65. The van der Waals surface area contributed by atoms with Crippen molar-refractivity contribution < 1.29 is 13.2 Å². The van der Waals surface area contributed by atoms with Crippen LogP contribution in [0.5, 0.6) is 0 Å². The number of ketones is 1. The zero-order chi connectivity index (χ0) is 22.4. The van der Waals surface area contributed by atoms with Gasteiger partial charge in [-0.3, -0.25) is 9.69 Å². The topological polar surface area (TPSA) is 69.7 Å². The number of thiophene rings is 1. The summed E-state index contributed by atoms with van der Waals surface area (Å²) in [5.41, 5.74) is 0.542. The van der Waals surface area contributed by atoms with Crippen LogP contribution in [0.4, 0.5) is 0 Å². The molecular weight excluding hydrogens is 442 g/mol. The Kier molecular flexibility index (Phi) is 8.12. The summed E-state index contributed by atoms with van der Waals surface area (Å²) >= 11 is 1.77. The molecule has 2 aromatic rings. The second-order valence-electron chi connectivity index (χ2n) is 8.67. The standard InChI is InChI=1S/C24H33N3O3S2/c28-23(19-25-18-22(24-8-7-17-31-24)26-13-3-1-4-14-26)20-9-11-21(12-10-20)32(29,30)27-15-5-2-6-16-27/h7-12,17,22,25H,1-6,13-16,18-19H2. The van der Waals surface area contributed by atoms with Crippen LogP contribution in [0.1, 0.15) is 59.8 Å². The molecule has 8 heteroatoms. The molecule has 2 aliphatic rings. The van der Waals surface area contributed by atoms with Crippen molar-refractivity contribution in [3.05, 3.63) is 52.2 Å². The predicted molar refractivity (Wildman–Crippen MR) is 129 cm³/mol. The number of nitrogens with zero attached hydrogens (tertiary/aromatic N) is 2. The highest BCUT2D eigenvalue weighted by Crippen LogP contribution is 2.27. The summed E-state index contributed by atoms with van der Waals surface area (Å²) in [7, 11) is -3.47. The van der Waals surface area contributed by atoms with E-state index in [4.69, 9.17) is 0 Å². The number of likely N-dealkylation sites (tertiary alicyclic amines) is 1. The zero-order valence-corrected chi connectivity index (χ0v) is 20.2. The van der Waals surface area contributed by atoms with Crippen molar-refractivity contribution in [3.8, 4) is 0 Å². The number of carbonyl (C=O) groups excluding carboxylic acids is 1. The molecule has 32 heavy (non-hydrogen) atoms. The second-order valence-corrected chi connectivity index (χ2v) is 11.6. The van der Waals surface area contributed by atoms with Crippen molar-refractivity contribution >= 4 is 27.1 Å². The molecule has 2 fully saturated rings. The van der Waals surface area contributed by atoms with Crippen LogP contribution in [0.15, 0.2) is 46.7 Å². The van der Waals surface area contributed by atoms with E-state index in [1.54, 1.807) is 39.9 Å². The summed E-state index contributed by atoms with van der Waals surface area (Å²) in [4.78, 5) is 16.8. The van der Waals surface area contributed by atoms with Gasteiger partial charge in [0.15, 0.2) is 5.78 Å². The molecule has 0 radical (unpaired) electrons. The van der Waals surface area contributed by atoms with Gasteiger partial charge in [-0.15, -0.1) is 11.3 Å². The fourth-order valence-corrected chi connectivity index (χ4v) is 6.99. The molecule has 174 valence electrons. The van der Waals surface area contributed by atoms with Crippen LogP contribution in [0, 0.1) is 0 Å². The molecule has 0 amide bonds. The van der Waals surface area contributed by atoms with Gasteiger partial charge in [0.1, 0.15) is 0 Å². The fourth-order valence-electron chi connectivity index (χ4n) is 4.61. The molecule has 1 aromatic heterocycles. The van der Waals surface area contributed by atoms with E-state index in [1.807, 2.05) is 0 Å². The van der Waals surface area contributed by atoms with E-state index < -0.39 is 10.0 Å². The van der Waals surface area contributed by atoms with Gasteiger partial charge in [-0.05, 0) is 62.4 Å². The number of benzene rings is 1. The first-order chi connectivity index (χ1) is 15.6. The first-order valence-corrected chi connectivity index (χ1v) is 14.0. The zero-order valence-electron chi connectivity index (χ0n) is 18.5. The van der Waals surface area contributed by atoms with Gasteiger partial charge in [-0.25, -0.2) is 8.42 Å². The van der Waals surface area contributed by atoms with Crippen molar-refractivity contribution in [2.75, 3.05) is 39.3 Å². The van der Waals surface area contributed by atoms with Crippen LogP contribution in [-0.4, -0.2) is 62.7 Å². The molecular formula is C24H33N3O3S2. The molecule has 1 unspecified atom stereocenters. The molecule has 0 saturated carbocycles. The normalized spacial score (nSPS) is 19.6. The lowest BCUT2D eigenvalue weighted by atomic mass is 10.1. The summed E-state index contributed by atoms with van der Waals surface area (Å²) in [5, 5.41) is 5.46. The average molecular weight is 476 g/mol. The number of sulfonamides is 1. The van der Waals surface area contributed by atoms with Crippen LogP contribution in [0.25, 0.3) is 0 Å². The lowest BCUT2D eigenvalue weighted by Crippen LogP contribution is -2.39. The maximum Gasteiger partial charge on any atom is 0.243 e. The first-order valence-electron chi connectivity index (χ1n) is 11.7. The Hall–Kier alpha value is -1.58. The smallest absolute Gasteiger partial charge is 0.243 e. The Morgan fingerprint density at radius 3 is 2.22 bits per heavy atom. The molecule has 2 saturated heterocycles. The molecule has 1 aromatic carbocycles. The highest BCUT2D eigenvalue weighted by atomic mass is 32.2. The van der Waals surface area contributed by atoms with Crippen molar-refractivity contribution in [1.29, 1.82) is 0 Å². The SMILES string of the molecule is O=C(CNCC(c1cccs1)N1CCCCC1)c1ccc(S(=O)(=O)N2CCCCC2)cc1. The minimum Gasteiger partial charge on any atom is -0.308 e. The van der Waals surface area contributed by atoms with Gasteiger partial charge < -0.3 is 5.32 Å². The Morgan fingerprint density at radius 1 is 0.938 bits per heavy atom. The molecule has 1 atom stereocenters. The number of rotatable bonds is 9. The predicted octanol–water partition coefficient (Wildman–Crippen LogP) is 3.92. The van der Waals surface area contributed by atoms with Crippen molar-refractivity contribution in [2.45, 2.75) is 49.5 Å². The van der Waals surface area contributed by atoms with Crippen LogP contribution < -0.4 is 5.32 Å². The highest BCUT2D eigenvalue weighted by Gasteiger charge is 2.26. The lowest BCUT2D eigenvalue weighted by molar-refractivity contribution is 0.0984. The lowest BCUT2D eigenvalue weighted by Gasteiger charge is -2.34. The number of hydrogen-bond donors (Lipinski definition) is 1. The van der Waals surface area contributed by atoms with Gasteiger partial charge in [-0.1, -0.05) is 31.0 Å². The highest BCUT2D eigenvalue weighted by molar-refractivity contribution is 7.89. The molecule has 3 heterocycles. The fraction of sp³-hybridized carbons (Fsp3) is 0.542. The van der Waals surface area contributed by atoms with Gasteiger partial charge in [0, 0.05) is 30.1 Å². The summed E-state index contributed by atoms with van der Waals surface area (Å²) < 4.78 is 27.2. The average Bonchev–Trinajstić information content (AvgIpc) is 3.37. The van der Waals surface area contributed by atoms with Crippen LogP contribution in [0.3, 0.4) is 0 Å². The van der Waals surface area contributed by atoms with Gasteiger partial charge in [0.25, 0.3) is 0 Å². The molecule has 0 spiro atoms. The van der Waals surface area contributed by atoms with E-state index in [2.05, 4.69) is 27.7 Å². The summed E-state index contributed by atoms with van der Waals surface area (Å²) in [6, 6.07) is 11.0. The van der Waals surface area contributed by atoms with Gasteiger partial charge in [0.05, 0.1) is 17.5 Å². The van der Waals surface area contributed by atoms with Gasteiger partial charge in [0.2, 0.25) is 10.0 Å². The Bertz CT molecular complexity index is 962. The Morgan fingerprint density at radius 2 is 1.59 bits per heavy atom.